The molecule has 0 amide bonds. The third-order valence-corrected chi connectivity index (χ3v) is 19.2. The SMILES string of the molecule is CO[C@@H]1[C@@H](OC(=O)c2ccccc2)[C@H](O[C@H]2CC[C@@]3(C)[C@H](C2)[C@@H](OC(=O)c2ccccc2)C[C@@H]2[C@@H]3CC[C@]3(C)[C@@H]4[C@H](C[C@@H]23)O[C@]2(CC[C@@H](C)CO2)[C@H]4C)O[C@H](COCc2ccccc2)[C@H]1OC(=O)c1ccccc1. The summed E-state index contributed by atoms with van der Waals surface area (Å²) in [4.78, 5) is 42.2. The third kappa shape index (κ3) is 9.66. The van der Waals surface area contributed by atoms with E-state index in [0.29, 0.717) is 65.0 Å². The minimum absolute atomic E-state index is 0.0193. The standard InChI is InChI=1S/C62H74O12/c1-38-26-31-62(68-35-38)39(2)52-50(74-62)34-47-45-33-49(70-56(63)41-20-12-7-13-21-41)48-32-44(27-29-60(48,3)46(45)28-30-61(47,52)4)69-59-55(73-58(65)43-24-16-9-17-25-43)54(66-5)53(72-57(64)42-22-14-8-15-23-42)51(71-59)37-67-36-40-18-10-6-11-19-40/h6-25,38-39,44-55,59H,26-37H2,1-5H3/t38-,39+,44+,45-,46+,47+,48-,49+,50+,51-,52+,53-,54+,55-,59-,60-,61+,62-/m1/s1. The number of rotatable bonds is 13. The van der Waals surface area contributed by atoms with Gasteiger partial charge in [-0.3, -0.25) is 0 Å². The predicted molar refractivity (Wildman–Crippen MR) is 274 cm³/mol. The molecule has 394 valence electrons. The summed E-state index contributed by atoms with van der Waals surface area (Å²) in [6.45, 7) is 10.7. The van der Waals surface area contributed by atoms with Crippen molar-refractivity contribution in [2.75, 3.05) is 20.3 Å². The second-order valence-electron chi connectivity index (χ2n) is 23.3. The fourth-order valence-corrected chi connectivity index (χ4v) is 15.5. The highest BCUT2D eigenvalue weighted by Crippen LogP contribution is 2.71. The average molecular weight is 1010 g/mol. The van der Waals surface area contributed by atoms with Crippen LogP contribution in [0.4, 0.5) is 0 Å². The lowest BCUT2D eigenvalue weighted by atomic mass is 9.43. The summed E-state index contributed by atoms with van der Waals surface area (Å²) >= 11 is 0. The number of hydrogen-bond acceptors (Lipinski definition) is 12. The molecule has 0 N–H and O–H groups in total. The first-order valence-corrected chi connectivity index (χ1v) is 27.4. The number of ether oxygens (including phenoxy) is 9. The van der Waals surface area contributed by atoms with Crippen LogP contribution in [0.25, 0.3) is 0 Å². The molecule has 12 heteroatoms. The van der Waals surface area contributed by atoms with Gasteiger partial charge in [-0.2, -0.15) is 0 Å². The van der Waals surface area contributed by atoms with Crippen molar-refractivity contribution in [1.29, 1.82) is 0 Å². The molecule has 12 nitrogen and oxygen atoms in total. The van der Waals surface area contributed by atoms with Crippen molar-refractivity contribution in [3.05, 3.63) is 144 Å². The van der Waals surface area contributed by atoms with Crippen LogP contribution in [0.15, 0.2) is 121 Å². The van der Waals surface area contributed by atoms with Gasteiger partial charge in [-0.05, 0) is 134 Å². The van der Waals surface area contributed by atoms with Gasteiger partial charge in [0.15, 0.2) is 24.3 Å². The van der Waals surface area contributed by atoms with Gasteiger partial charge in [0.05, 0.1) is 48.7 Å². The highest BCUT2D eigenvalue weighted by molar-refractivity contribution is 5.90. The second kappa shape index (κ2) is 21.2. The maximum absolute atomic E-state index is 14.3. The van der Waals surface area contributed by atoms with Crippen molar-refractivity contribution in [1.82, 2.24) is 0 Å². The predicted octanol–water partition coefficient (Wildman–Crippen LogP) is 11.1. The van der Waals surface area contributed by atoms with E-state index in [-0.39, 0.29) is 54.2 Å². The van der Waals surface area contributed by atoms with Crippen LogP contribution >= 0.6 is 0 Å². The molecular formula is C62H74O12. The van der Waals surface area contributed by atoms with Gasteiger partial charge in [-0.25, -0.2) is 14.4 Å². The van der Waals surface area contributed by atoms with Gasteiger partial charge in [0.25, 0.3) is 0 Å². The number of fused-ring (bicyclic) bond motifs is 7. The quantitative estimate of drug-likeness (QED) is 0.0717. The summed E-state index contributed by atoms with van der Waals surface area (Å²) in [6.07, 6.45) is 2.36. The number of hydrogen-bond donors (Lipinski definition) is 0. The summed E-state index contributed by atoms with van der Waals surface area (Å²) in [5, 5.41) is 0. The van der Waals surface area contributed by atoms with Crippen molar-refractivity contribution in [2.45, 2.75) is 147 Å². The van der Waals surface area contributed by atoms with Gasteiger partial charge in [0.1, 0.15) is 18.3 Å². The molecule has 3 saturated heterocycles. The van der Waals surface area contributed by atoms with E-state index in [2.05, 4.69) is 27.7 Å². The smallest absolute Gasteiger partial charge is 0.338 e. The number of benzene rings is 4. The van der Waals surface area contributed by atoms with Crippen LogP contribution < -0.4 is 0 Å². The Morgan fingerprint density at radius 3 is 1.82 bits per heavy atom. The molecule has 0 radical (unpaired) electrons. The lowest BCUT2D eigenvalue weighted by molar-refractivity contribution is -0.320. The summed E-state index contributed by atoms with van der Waals surface area (Å²) in [5.41, 5.74) is 2.11. The molecule has 74 heavy (non-hydrogen) atoms. The Morgan fingerprint density at radius 2 is 1.22 bits per heavy atom. The van der Waals surface area contributed by atoms with Gasteiger partial charge in [-0.15, -0.1) is 0 Å². The van der Waals surface area contributed by atoms with E-state index in [4.69, 9.17) is 42.6 Å². The van der Waals surface area contributed by atoms with E-state index < -0.39 is 48.4 Å². The Morgan fingerprint density at radius 1 is 0.622 bits per heavy atom. The molecule has 18 atom stereocenters. The monoisotopic (exact) mass is 1010 g/mol. The van der Waals surface area contributed by atoms with Crippen LogP contribution in [0.3, 0.4) is 0 Å². The Balaban J connectivity index is 0.884. The molecule has 4 aliphatic carbocycles. The fourth-order valence-electron chi connectivity index (χ4n) is 15.5. The van der Waals surface area contributed by atoms with Crippen LogP contribution in [0.1, 0.15) is 122 Å². The van der Waals surface area contributed by atoms with Crippen molar-refractivity contribution in [2.24, 2.45) is 52.3 Å². The number of methoxy groups -OCH3 is 1. The summed E-state index contributed by atoms with van der Waals surface area (Å²) in [5.74, 6) is 0.433. The van der Waals surface area contributed by atoms with Crippen LogP contribution in [0.5, 0.6) is 0 Å². The molecule has 3 aliphatic heterocycles. The van der Waals surface area contributed by atoms with E-state index >= 15 is 0 Å². The summed E-state index contributed by atoms with van der Waals surface area (Å²) in [7, 11) is 1.51. The van der Waals surface area contributed by atoms with Gasteiger partial charge in [-0.1, -0.05) is 113 Å². The van der Waals surface area contributed by atoms with Crippen molar-refractivity contribution >= 4 is 17.9 Å². The van der Waals surface area contributed by atoms with Gasteiger partial charge >= 0.3 is 17.9 Å². The van der Waals surface area contributed by atoms with E-state index in [0.717, 1.165) is 57.1 Å². The average Bonchev–Trinajstić information content (AvgIpc) is 3.94. The molecule has 0 bridgehead atoms. The molecular weight excluding hydrogens is 937 g/mol. The van der Waals surface area contributed by atoms with E-state index in [9.17, 15) is 14.4 Å². The number of carbonyl (C=O) groups excluding carboxylic acids is 3. The highest BCUT2D eigenvalue weighted by Gasteiger charge is 2.70. The van der Waals surface area contributed by atoms with Gasteiger partial charge < -0.3 is 42.6 Å². The second-order valence-corrected chi connectivity index (χ2v) is 23.3. The maximum Gasteiger partial charge on any atom is 0.338 e. The van der Waals surface area contributed by atoms with E-state index in [1.54, 1.807) is 48.5 Å². The molecule has 4 aromatic carbocycles. The topological polar surface area (TPSA) is 134 Å². The van der Waals surface area contributed by atoms with Crippen LogP contribution in [-0.4, -0.2) is 93.0 Å². The first kappa shape index (κ1) is 51.2. The highest BCUT2D eigenvalue weighted by atomic mass is 16.7. The Hall–Kier alpha value is -4.95. The zero-order valence-corrected chi connectivity index (χ0v) is 43.6. The minimum Gasteiger partial charge on any atom is -0.458 e. The fraction of sp³-hybridized carbons (Fsp3) is 0.565. The molecule has 7 fully saturated rings. The van der Waals surface area contributed by atoms with E-state index in [1.165, 1.54) is 7.11 Å². The Kier molecular flexibility index (Phi) is 14.7. The molecule has 4 saturated carbocycles. The normalized spacial score (nSPS) is 39.2. The summed E-state index contributed by atoms with van der Waals surface area (Å²) in [6, 6.07) is 36.6. The Labute approximate surface area is 436 Å². The molecule has 1 spiro atoms. The molecule has 4 aromatic rings. The van der Waals surface area contributed by atoms with Crippen LogP contribution in [0, 0.1) is 52.3 Å². The summed E-state index contributed by atoms with van der Waals surface area (Å²) < 4.78 is 59.9. The van der Waals surface area contributed by atoms with E-state index in [1.807, 2.05) is 72.8 Å². The lowest BCUT2D eigenvalue weighted by Gasteiger charge is -2.63. The van der Waals surface area contributed by atoms with Crippen molar-refractivity contribution in [3.63, 3.8) is 0 Å². The van der Waals surface area contributed by atoms with Crippen LogP contribution in [0.2, 0.25) is 0 Å². The largest absolute Gasteiger partial charge is 0.458 e. The maximum atomic E-state index is 14.3. The molecule has 0 unspecified atom stereocenters. The molecule has 7 aliphatic rings. The van der Waals surface area contributed by atoms with Crippen molar-refractivity contribution in [3.8, 4) is 0 Å². The number of esters is 3. The zero-order valence-electron chi connectivity index (χ0n) is 43.6. The molecule has 0 aromatic heterocycles. The Bertz CT molecular complexity index is 2550. The van der Waals surface area contributed by atoms with Crippen molar-refractivity contribution < 1.29 is 57.0 Å². The first-order chi connectivity index (χ1) is 35.9. The van der Waals surface area contributed by atoms with Crippen LogP contribution in [-0.2, 0) is 49.2 Å². The minimum atomic E-state index is -1.16. The lowest BCUT2D eigenvalue weighted by Crippen LogP contribution is -2.63. The number of carbonyl (C=O) groups is 3. The third-order valence-electron chi connectivity index (χ3n) is 19.2. The molecule has 3 heterocycles. The van der Waals surface area contributed by atoms with Gasteiger partial charge in [0, 0.05) is 25.4 Å². The zero-order chi connectivity index (χ0) is 51.2. The molecule has 11 rings (SSSR count). The van der Waals surface area contributed by atoms with Gasteiger partial charge in [0.2, 0.25) is 0 Å². The first-order valence-electron chi connectivity index (χ1n) is 27.4.